The highest BCUT2D eigenvalue weighted by molar-refractivity contribution is 7.80. The third kappa shape index (κ3) is 2.64. The summed E-state index contributed by atoms with van der Waals surface area (Å²) < 4.78 is 21.6. The summed E-state index contributed by atoms with van der Waals surface area (Å²) >= 11 is 4.45. The van der Waals surface area contributed by atoms with E-state index in [1.54, 1.807) is 14.2 Å². The molecule has 0 fully saturated rings. The molecule has 1 aliphatic heterocycles. The summed E-state index contributed by atoms with van der Waals surface area (Å²) in [5, 5.41) is 11.1. The second-order valence-electron chi connectivity index (χ2n) is 5.33. The van der Waals surface area contributed by atoms with Crippen LogP contribution in [-0.2, 0) is 0 Å². The maximum atomic E-state index is 5.49. The number of aromatic amines is 1. The van der Waals surface area contributed by atoms with Crippen LogP contribution in [0.3, 0.4) is 0 Å². The van der Waals surface area contributed by atoms with Crippen molar-refractivity contribution in [3.05, 3.63) is 30.3 Å². The van der Waals surface area contributed by atoms with Gasteiger partial charge in [0.25, 0.3) is 0 Å². The van der Waals surface area contributed by atoms with Crippen molar-refractivity contribution in [2.45, 2.75) is 4.90 Å². The van der Waals surface area contributed by atoms with Gasteiger partial charge in [-0.3, -0.25) is 5.10 Å². The average Bonchev–Trinajstić information content (AvgIpc) is 3.29. The van der Waals surface area contributed by atoms with Crippen LogP contribution in [0.2, 0.25) is 0 Å². The van der Waals surface area contributed by atoms with Gasteiger partial charge in [0.15, 0.2) is 11.5 Å². The van der Waals surface area contributed by atoms with Crippen LogP contribution in [0.5, 0.6) is 23.0 Å². The molecule has 7 nitrogen and oxygen atoms in total. The largest absolute Gasteiger partial charge is 0.496 e. The number of fused-ring (bicyclic) bond motifs is 1. The van der Waals surface area contributed by atoms with Crippen LogP contribution < -0.4 is 18.9 Å². The Kier molecular flexibility index (Phi) is 3.89. The van der Waals surface area contributed by atoms with Crippen molar-refractivity contribution < 1.29 is 18.9 Å². The van der Waals surface area contributed by atoms with Gasteiger partial charge < -0.3 is 18.9 Å². The molecule has 0 amide bonds. The zero-order chi connectivity index (χ0) is 17.4. The predicted octanol–water partition coefficient (Wildman–Crippen LogP) is 3.17. The lowest BCUT2D eigenvalue weighted by Crippen LogP contribution is -1.93. The maximum absolute atomic E-state index is 5.49. The van der Waals surface area contributed by atoms with Crippen molar-refractivity contribution >= 4 is 12.6 Å². The summed E-state index contributed by atoms with van der Waals surface area (Å²) in [7, 11) is 3.19. The Bertz CT molecular complexity index is 942. The first kappa shape index (κ1) is 15.6. The number of methoxy groups -OCH3 is 2. The molecule has 25 heavy (non-hydrogen) atoms. The van der Waals surface area contributed by atoms with Gasteiger partial charge in [0, 0.05) is 16.0 Å². The zero-order valence-corrected chi connectivity index (χ0v) is 14.5. The number of ether oxygens (including phenoxy) is 4. The number of benzene rings is 2. The van der Waals surface area contributed by atoms with Gasteiger partial charge in [-0.25, -0.2) is 0 Å². The van der Waals surface area contributed by atoms with E-state index in [0.717, 1.165) is 21.7 Å². The van der Waals surface area contributed by atoms with Gasteiger partial charge in [-0.2, -0.15) is 0 Å². The predicted molar refractivity (Wildman–Crippen MR) is 93.7 cm³/mol. The first-order valence-corrected chi connectivity index (χ1v) is 7.92. The highest BCUT2D eigenvalue weighted by atomic mass is 32.1. The molecular weight excluding hydrogens is 342 g/mol. The first-order valence-electron chi connectivity index (χ1n) is 7.47. The van der Waals surface area contributed by atoms with Crippen molar-refractivity contribution in [1.82, 2.24) is 15.4 Å². The Morgan fingerprint density at radius 2 is 1.88 bits per heavy atom. The fourth-order valence-corrected chi connectivity index (χ4v) is 3.05. The Balaban J connectivity index is 1.82. The van der Waals surface area contributed by atoms with E-state index in [4.69, 9.17) is 18.9 Å². The Morgan fingerprint density at radius 1 is 1.04 bits per heavy atom. The molecule has 0 saturated carbocycles. The van der Waals surface area contributed by atoms with Gasteiger partial charge in [-0.05, 0) is 30.3 Å². The van der Waals surface area contributed by atoms with Crippen molar-refractivity contribution in [2.75, 3.05) is 21.0 Å². The summed E-state index contributed by atoms with van der Waals surface area (Å²) in [5.74, 6) is 2.50. The number of nitrogens with zero attached hydrogens (tertiary/aromatic N) is 2. The summed E-state index contributed by atoms with van der Waals surface area (Å²) in [6.07, 6.45) is 0. The second-order valence-corrected chi connectivity index (χ2v) is 5.82. The van der Waals surface area contributed by atoms with Crippen LogP contribution in [0.4, 0.5) is 0 Å². The monoisotopic (exact) mass is 357 g/mol. The van der Waals surface area contributed by atoms with Crippen LogP contribution >= 0.6 is 12.6 Å². The van der Waals surface area contributed by atoms with E-state index in [9.17, 15) is 0 Å². The van der Waals surface area contributed by atoms with E-state index < -0.39 is 0 Å². The Labute approximate surface area is 149 Å². The lowest BCUT2D eigenvalue weighted by Gasteiger charge is -2.09. The van der Waals surface area contributed by atoms with Gasteiger partial charge in [-0.1, -0.05) is 5.21 Å². The number of aromatic nitrogens is 3. The van der Waals surface area contributed by atoms with E-state index in [1.165, 1.54) is 0 Å². The molecule has 1 aromatic heterocycles. The van der Waals surface area contributed by atoms with E-state index in [-0.39, 0.29) is 6.79 Å². The Hall–Kier alpha value is -2.87. The molecule has 0 radical (unpaired) electrons. The standard InChI is InChI=1S/C17H15N3O4S/c1-21-11-4-3-9(7-14(11)25)15-16(19-20-18-15)10-5-12(22-2)17-13(6-10)23-8-24-17/h3-7,25H,8H2,1-2H3,(H,18,19,20). The van der Waals surface area contributed by atoms with Crippen molar-refractivity contribution in [3.63, 3.8) is 0 Å². The minimum atomic E-state index is 0.169. The van der Waals surface area contributed by atoms with Crippen molar-refractivity contribution in [2.24, 2.45) is 0 Å². The van der Waals surface area contributed by atoms with Gasteiger partial charge in [0.2, 0.25) is 12.5 Å². The molecule has 3 aromatic rings. The topological polar surface area (TPSA) is 78.5 Å². The number of hydrogen-bond acceptors (Lipinski definition) is 7. The third-order valence-corrected chi connectivity index (χ3v) is 4.30. The molecule has 4 rings (SSSR count). The highest BCUT2D eigenvalue weighted by Gasteiger charge is 2.23. The minimum Gasteiger partial charge on any atom is -0.496 e. The molecule has 1 aliphatic rings. The molecule has 0 saturated heterocycles. The van der Waals surface area contributed by atoms with E-state index in [0.29, 0.717) is 28.7 Å². The maximum Gasteiger partial charge on any atom is 0.231 e. The SMILES string of the molecule is COc1ccc(-c2[nH]nnc2-c2cc(OC)c3c(c2)OCO3)cc1S. The molecule has 0 unspecified atom stereocenters. The lowest BCUT2D eigenvalue weighted by molar-refractivity contribution is 0.171. The summed E-state index contributed by atoms with van der Waals surface area (Å²) in [4.78, 5) is 0.726. The molecule has 0 aliphatic carbocycles. The molecule has 2 aromatic carbocycles. The number of thiol groups is 1. The Morgan fingerprint density at radius 3 is 2.64 bits per heavy atom. The highest BCUT2D eigenvalue weighted by Crippen LogP contribution is 2.45. The first-order chi connectivity index (χ1) is 12.2. The summed E-state index contributed by atoms with van der Waals surface area (Å²) in [5.41, 5.74) is 3.14. The molecular formula is C17H15N3O4S. The third-order valence-electron chi connectivity index (χ3n) is 3.95. The van der Waals surface area contributed by atoms with Crippen LogP contribution in [0, 0.1) is 0 Å². The van der Waals surface area contributed by atoms with Crippen LogP contribution in [0.25, 0.3) is 22.5 Å². The number of hydrogen-bond donors (Lipinski definition) is 2. The van der Waals surface area contributed by atoms with E-state index >= 15 is 0 Å². The lowest BCUT2D eigenvalue weighted by atomic mass is 10.0. The fourth-order valence-electron chi connectivity index (χ4n) is 2.74. The normalized spacial score (nSPS) is 12.3. The molecule has 0 spiro atoms. The van der Waals surface area contributed by atoms with Crippen LogP contribution in [-0.4, -0.2) is 36.4 Å². The molecule has 8 heteroatoms. The molecule has 128 valence electrons. The van der Waals surface area contributed by atoms with Gasteiger partial charge in [0.05, 0.1) is 19.9 Å². The number of H-pyrrole nitrogens is 1. The zero-order valence-electron chi connectivity index (χ0n) is 13.6. The molecule has 1 N–H and O–H groups in total. The van der Waals surface area contributed by atoms with Crippen molar-refractivity contribution in [1.29, 1.82) is 0 Å². The molecule has 0 bridgehead atoms. The summed E-state index contributed by atoms with van der Waals surface area (Å²) in [6, 6.07) is 9.37. The molecule has 0 atom stereocenters. The smallest absolute Gasteiger partial charge is 0.231 e. The van der Waals surface area contributed by atoms with E-state index in [2.05, 4.69) is 28.0 Å². The second kappa shape index (κ2) is 6.21. The van der Waals surface area contributed by atoms with Crippen LogP contribution in [0.15, 0.2) is 35.2 Å². The minimum absolute atomic E-state index is 0.169. The van der Waals surface area contributed by atoms with E-state index in [1.807, 2.05) is 30.3 Å². The average molecular weight is 357 g/mol. The van der Waals surface area contributed by atoms with Crippen LogP contribution in [0.1, 0.15) is 0 Å². The quantitative estimate of drug-likeness (QED) is 0.698. The number of rotatable bonds is 4. The number of nitrogens with one attached hydrogen (secondary N) is 1. The van der Waals surface area contributed by atoms with Crippen molar-refractivity contribution in [3.8, 4) is 45.5 Å². The summed E-state index contributed by atoms with van der Waals surface area (Å²) in [6.45, 7) is 0.169. The van der Waals surface area contributed by atoms with Gasteiger partial charge in [0.1, 0.15) is 11.4 Å². The fraction of sp³-hybridized carbons (Fsp3) is 0.176. The molecule has 2 heterocycles. The van der Waals surface area contributed by atoms with Gasteiger partial charge >= 0.3 is 0 Å². The van der Waals surface area contributed by atoms with Gasteiger partial charge in [-0.15, -0.1) is 17.7 Å².